The van der Waals surface area contributed by atoms with Gasteiger partial charge in [-0.2, -0.15) is 5.10 Å². The molecule has 4 rings (SSSR count). The number of benzene rings is 2. The third kappa shape index (κ3) is 4.73. The van der Waals surface area contributed by atoms with E-state index in [1.54, 1.807) is 36.0 Å². The molecule has 2 aromatic heterocycles. The molecular formula is C22H17Cl2N3O4. The number of rotatable bonds is 6. The molecule has 0 saturated heterocycles. The number of halogens is 2. The fraction of sp³-hybridized carbons (Fsp3) is 0.136. The summed E-state index contributed by atoms with van der Waals surface area (Å²) >= 11 is 12.5. The molecule has 0 aliphatic rings. The van der Waals surface area contributed by atoms with Crippen molar-refractivity contribution in [1.82, 2.24) is 9.78 Å². The third-order valence-corrected chi connectivity index (χ3v) is 5.29. The summed E-state index contributed by atoms with van der Waals surface area (Å²) in [5.41, 5.74) is 1.48. The first-order valence-corrected chi connectivity index (χ1v) is 10.1. The number of anilines is 1. The summed E-state index contributed by atoms with van der Waals surface area (Å²) in [7, 11) is 0. The van der Waals surface area contributed by atoms with Gasteiger partial charge in [0, 0.05) is 28.6 Å². The number of fused-ring (bicyclic) bond motifs is 1. The van der Waals surface area contributed by atoms with E-state index in [-0.39, 0.29) is 12.4 Å². The fourth-order valence-electron chi connectivity index (χ4n) is 3.11. The molecule has 0 aliphatic heterocycles. The van der Waals surface area contributed by atoms with E-state index in [4.69, 9.17) is 32.4 Å². The zero-order chi connectivity index (χ0) is 22.0. The molecule has 158 valence electrons. The monoisotopic (exact) mass is 457 g/mol. The Hall–Kier alpha value is -3.29. The first-order chi connectivity index (χ1) is 14.9. The average molecular weight is 458 g/mol. The van der Waals surface area contributed by atoms with Gasteiger partial charge in [-0.15, -0.1) is 0 Å². The van der Waals surface area contributed by atoms with Crippen LogP contribution in [0.5, 0.6) is 5.75 Å². The summed E-state index contributed by atoms with van der Waals surface area (Å²) in [6.07, 6.45) is 1.58. The number of aromatic nitrogens is 2. The second kappa shape index (κ2) is 8.83. The number of carbonyl (C=O) groups is 1. The van der Waals surface area contributed by atoms with Gasteiger partial charge in [-0.1, -0.05) is 41.4 Å². The van der Waals surface area contributed by atoms with Crippen LogP contribution in [0.1, 0.15) is 11.1 Å². The van der Waals surface area contributed by atoms with Gasteiger partial charge in [0.25, 0.3) is 5.91 Å². The van der Waals surface area contributed by atoms with E-state index in [0.29, 0.717) is 33.4 Å². The molecule has 0 bridgehead atoms. The van der Waals surface area contributed by atoms with Crippen LogP contribution in [0.15, 0.2) is 63.9 Å². The lowest BCUT2D eigenvalue weighted by Gasteiger charge is -2.12. The summed E-state index contributed by atoms with van der Waals surface area (Å²) in [5, 5.41) is 8.60. The fourth-order valence-corrected chi connectivity index (χ4v) is 3.52. The van der Waals surface area contributed by atoms with E-state index in [9.17, 15) is 9.59 Å². The van der Waals surface area contributed by atoms with Gasteiger partial charge in [0.1, 0.15) is 17.2 Å². The van der Waals surface area contributed by atoms with E-state index < -0.39 is 11.5 Å². The molecule has 4 aromatic rings. The second-order valence-corrected chi connectivity index (χ2v) is 7.64. The molecule has 0 radical (unpaired) electrons. The minimum absolute atomic E-state index is 0.239. The first kappa shape index (κ1) is 21.0. The number of nitrogens with zero attached hydrogens (tertiary/aromatic N) is 2. The van der Waals surface area contributed by atoms with Gasteiger partial charge < -0.3 is 14.5 Å². The Morgan fingerprint density at radius 1 is 1.16 bits per heavy atom. The number of nitrogens with one attached hydrogen (secondary N) is 1. The standard InChI is InChI=1S/C22H17Cl2N3O4/c1-13-8-22(29)31-18-10-19(17(24)9-15(13)18)30-12-21(28)26-20-6-7-25-27(20)11-14-4-2-3-5-16(14)23/h2-10H,11-12H2,1H3,(H,26,28). The van der Waals surface area contributed by atoms with E-state index in [1.807, 2.05) is 18.2 Å². The number of amides is 1. The van der Waals surface area contributed by atoms with Gasteiger partial charge >= 0.3 is 5.63 Å². The van der Waals surface area contributed by atoms with E-state index in [1.165, 1.54) is 12.1 Å². The van der Waals surface area contributed by atoms with Gasteiger partial charge in [0.15, 0.2) is 6.61 Å². The van der Waals surface area contributed by atoms with Crippen molar-refractivity contribution < 1.29 is 13.9 Å². The Morgan fingerprint density at radius 3 is 2.77 bits per heavy atom. The number of carbonyl (C=O) groups excluding carboxylic acids is 1. The van der Waals surface area contributed by atoms with Crippen LogP contribution in [0, 0.1) is 6.92 Å². The van der Waals surface area contributed by atoms with Crippen molar-refractivity contribution in [2.75, 3.05) is 11.9 Å². The van der Waals surface area contributed by atoms with Crippen molar-refractivity contribution in [2.24, 2.45) is 0 Å². The third-order valence-electron chi connectivity index (χ3n) is 4.62. The highest BCUT2D eigenvalue weighted by Crippen LogP contribution is 2.31. The Balaban J connectivity index is 1.45. The van der Waals surface area contributed by atoms with Crippen LogP contribution in [0.25, 0.3) is 11.0 Å². The summed E-state index contributed by atoms with van der Waals surface area (Å²) in [6, 6.07) is 13.6. The lowest BCUT2D eigenvalue weighted by Crippen LogP contribution is -2.22. The smallest absolute Gasteiger partial charge is 0.336 e. The molecule has 0 aliphatic carbocycles. The van der Waals surface area contributed by atoms with Crippen LogP contribution in [0.4, 0.5) is 5.82 Å². The predicted molar refractivity (Wildman–Crippen MR) is 119 cm³/mol. The molecule has 1 N–H and O–H groups in total. The normalized spacial score (nSPS) is 10.9. The van der Waals surface area contributed by atoms with Crippen molar-refractivity contribution >= 4 is 45.9 Å². The van der Waals surface area contributed by atoms with Crippen LogP contribution in [0.2, 0.25) is 10.0 Å². The lowest BCUT2D eigenvalue weighted by atomic mass is 10.1. The quantitative estimate of drug-likeness (QED) is 0.425. The van der Waals surface area contributed by atoms with Gasteiger partial charge in [-0.25, -0.2) is 9.48 Å². The molecule has 9 heteroatoms. The molecule has 0 saturated carbocycles. The van der Waals surface area contributed by atoms with Gasteiger partial charge in [0.2, 0.25) is 0 Å². The van der Waals surface area contributed by atoms with Crippen molar-refractivity contribution in [3.05, 3.63) is 86.3 Å². The average Bonchev–Trinajstić information content (AvgIpc) is 3.15. The molecule has 2 aromatic carbocycles. The van der Waals surface area contributed by atoms with Crippen molar-refractivity contribution in [3.63, 3.8) is 0 Å². The molecule has 0 atom stereocenters. The second-order valence-electron chi connectivity index (χ2n) is 6.83. The highest BCUT2D eigenvalue weighted by Gasteiger charge is 2.13. The Labute approximate surface area is 187 Å². The van der Waals surface area contributed by atoms with E-state index in [0.717, 1.165) is 11.1 Å². The number of ether oxygens (including phenoxy) is 1. The molecule has 2 heterocycles. The van der Waals surface area contributed by atoms with Crippen LogP contribution in [-0.2, 0) is 11.3 Å². The molecule has 0 spiro atoms. The number of hydrogen-bond donors (Lipinski definition) is 1. The topological polar surface area (TPSA) is 86.4 Å². The van der Waals surface area contributed by atoms with Crippen LogP contribution in [0.3, 0.4) is 0 Å². The SMILES string of the molecule is Cc1cc(=O)oc2cc(OCC(=O)Nc3ccnn3Cc3ccccc3Cl)c(Cl)cc12. The summed E-state index contributed by atoms with van der Waals surface area (Å²) in [5.74, 6) is 0.338. The van der Waals surface area contributed by atoms with Crippen molar-refractivity contribution in [1.29, 1.82) is 0 Å². The molecule has 7 nitrogen and oxygen atoms in total. The minimum atomic E-state index is -0.470. The Bertz CT molecular complexity index is 1330. The van der Waals surface area contributed by atoms with Gasteiger partial charge in [-0.3, -0.25) is 4.79 Å². The first-order valence-electron chi connectivity index (χ1n) is 9.32. The van der Waals surface area contributed by atoms with Gasteiger partial charge in [-0.05, 0) is 30.2 Å². The highest BCUT2D eigenvalue weighted by molar-refractivity contribution is 6.33. The van der Waals surface area contributed by atoms with Crippen molar-refractivity contribution in [3.8, 4) is 5.75 Å². The largest absolute Gasteiger partial charge is 0.482 e. The minimum Gasteiger partial charge on any atom is -0.482 e. The number of aryl methyl sites for hydroxylation is 1. The molecule has 31 heavy (non-hydrogen) atoms. The lowest BCUT2D eigenvalue weighted by molar-refractivity contribution is -0.118. The Morgan fingerprint density at radius 2 is 1.97 bits per heavy atom. The highest BCUT2D eigenvalue weighted by atomic mass is 35.5. The summed E-state index contributed by atoms with van der Waals surface area (Å²) < 4.78 is 12.4. The Kier molecular flexibility index (Phi) is 5.97. The summed E-state index contributed by atoms with van der Waals surface area (Å²) in [4.78, 5) is 24.0. The molecule has 0 unspecified atom stereocenters. The zero-order valence-electron chi connectivity index (χ0n) is 16.4. The summed E-state index contributed by atoms with van der Waals surface area (Å²) in [6.45, 7) is 1.89. The number of hydrogen-bond acceptors (Lipinski definition) is 5. The van der Waals surface area contributed by atoms with Crippen LogP contribution >= 0.6 is 23.2 Å². The van der Waals surface area contributed by atoms with Crippen molar-refractivity contribution in [2.45, 2.75) is 13.5 Å². The molecular weight excluding hydrogens is 441 g/mol. The molecule has 1 amide bonds. The molecule has 0 fully saturated rings. The van der Waals surface area contributed by atoms with Crippen LogP contribution < -0.4 is 15.7 Å². The maximum Gasteiger partial charge on any atom is 0.336 e. The van der Waals surface area contributed by atoms with E-state index >= 15 is 0 Å². The van der Waals surface area contributed by atoms with Crippen LogP contribution in [-0.4, -0.2) is 22.3 Å². The van der Waals surface area contributed by atoms with Gasteiger partial charge in [0.05, 0.1) is 17.8 Å². The maximum absolute atomic E-state index is 12.4. The predicted octanol–water partition coefficient (Wildman–Crippen LogP) is 4.67. The zero-order valence-corrected chi connectivity index (χ0v) is 17.9. The van der Waals surface area contributed by atoms with E-state index in [2.05, 4.69) is 10.4 Å². The maximum atomic E-state index is 12.4.